The zero-order chi connectivity index (χ0) is 5.56. The van der Waals surface area contributed by atoms with Gasteiger partial charge in [-0.25, -0.2) is 0 Å². The Balaban J connectivity index is 2.11. The van der Waals surface area contributed by atoms with E-state index >= 15 is 0 Å². The van der Waals surface area contributed by atoms with Crippen LogP contribution in [0.4, 0.5) is 0 Å². The molecule has 4 heteroatoms. The number of nitroso groups, excluding NO2 is 1. The largest absolute Gasteiger partial charge is 0.292 e. The molecule has 0 aromatic rings. The zero-order valence-electron chi connectivity index (χ0n) is 4.33. The second kappa shape index (κ2) is 1.45. The van der Waals surface area contributed by atoms with Crippen LogP contribution >= 0.6 is 11.8 Å². The lowest BCUT2D eigenvalue weighted by molar-refractivity contribution is -0.623. The fourth-order valence-corrected chi connectivity index (χ4v) is 2.20. The third-order valence-corrected chi connectivity index (χ3v) is 2.84. The topological polar surface area (TPSA) is 32.1 Å². The van der Waals surface area contributed by atoms with Gasteiger partial charge in [-0.1, -0.05) is 11.8 Å². The van der Waals surface area contributed by atoms with Crippen LogP contribution in [0.5, 0.6) is 0 Å². The number of hydrogen-bond acceptors (Lipinski definition) is 3. The van der Waals surface area contributed by atoms with E-state index in [1.54, 1.807) is 11.8 Å². The minimum absolute atomic E-state index is 0.245. The molecule has 1 N–H and O–H groups in total. The van der Waals surface area contributed by atoms with Gasteiger partial charge in [-0.15, -0.1) is 0 Å². The van der Waals surface area contributed by atoms with E-state index in [2.05, 4.69) is 5.32 Å². The summed E-state index contributed by atoms with van der Waals surface area (Å²) in [5.74, 6) is 0.952. The summed E-state index contributed by atoms with van der Waals surface area (Å²) in [5.41, 5.74) is 0. The van der Waals surface area contributed by atoms with Crippen molar-refractivity contribution in [3.8, 4) is 0 Å². The highest BCUT2D eigenvalue weighted by atomic mass is 32.2. The maximum absolute atomic E-state index is 10.6. The number of hydrogen-bond donors (Lipinski definition) is 1. The minimum Gasteiger partial charge on any atom is -0.292 e. The predicted octanol–water partition coefficient (Wildman–Crippen LogP) is -0.233. The molecular formula is C4H7N2OS+. The van der Waals surface area contributed by atoms with Crippen molar-refractivity contribution < 1.29 is 4.76 Å². The van der Waals surface area contributed by atoms with E-state index < -0.39 is 0 Å². The molecule has 2 unspecified atom stereocenters. The van der Waals surface area contributed by atoms with Crippen LogP contribution in [0.2, 0.25) is 0 Å². The monoisotopic (exact) mass is 131 g/mol. The van der Waals surface area contributed by atoms with E-state index in [1.165, 1.54) is 0 Å². The number of nitrogens with zero attached hydrogens (tertiary/aromatic N) is 1. The van der Waals surface area contributed by atoms with Gasteiger partial charge in [0.1, 0.15) is 6.04 Å². The van der Waals surface area contributed by atoms with Gasteiger partial charge >= 0.3 is 0 Å². The summed E-state index contributed by atoms with van der Waals surface area (Å²) in [6.45, 7) is 0.692. The van der Waals surface area contributed by atoms with Gasteiger partial charge in [0, 0.05) is 15.5 Å². The van der Waals surface area contributed by atoms with Crippen molar-refractivity contribution in [3.63, 3.8) is 0 Å². The summed E-state index contributed by atoms with van der Waals surface area (Å²) in [6.07, 6.45) is 0. The lowest BCUT2D eigenvalue weighted by Gasteiger charge is -2.17. The van der Waals surface area contributed by atoms with E-state index in [-0.39, 0.29) is 5.37 Å². The fraction of sp³-hybridized carbons (Fsp3) is 1.00. The first kappa shape index (κ1) is 4.76. The summed E-state index contributed by atoms with van der Waals surface area (Å²) < 4.78 is 1.13. The summed E-state index contributed by atoms with van der Waals surface area (Å²) in [7, 11) is 0. The van der Waals surface area contributed by atoms with Gasteiger partial charge in [-0.2, -0.15) is 0 Å². The molecule has 2 saturated heterocycles. The van der Waals surface area contributed by atoms with Crippen LogP contribution in [0.15, 0.2) is 0 Å². The molecule has 8 heavy (non-hydrogen) atoms. The summed E-state index contributed by atoms with van der Waals surface area (Å²) in [6, 6.07) is 0.498. The normalized spacial score (nSPS) is 43.8. The molecule has 2 heterocycles. The van der Waals surface area contributed by atoms with E-state index in [1.807, 2.05) is 0 Å². The van der Waals surface area contributed by atoms with Crippen molar-refractivity contribution in [1.82, 2.24) is 5.32 Å². The Bertz CT molecular complexity index is 138. The maximum Gasteiger partial charge on any atom is 0.269 e. The molecule has 0 radical (unpaired) electrons. The Kier molecular flexibility index (Phi) is 0.861. The summed E-state index contributed by atoms with van der Waals surface area (Å²) in [5, 5.41) is 3.45. The molecule has 2 aliphatic heterocycles. The van der Waals surface area contributed by atoms with Crippen molar-refractivity contribution in [2.24, 2.45) is 0 Å². The molecule has 3 nitrogen and oxygen atoms in total. The first-order valence-electron chi connectivity index (χ1n) is 2.67. The molecule has 0 spiro atoms. The summed E-state index contributed by atoms with van der Waals surface area (Å²) in [4.78, 5) is 10.6. The van der Waals surface area contributed by atoms with Crippen LogP contribution in [0.25, 0.3) is 0 Å². The number of rotatable bonds is 0. The average molecular weight is 131 g/mol. The Morgan fingerprint density at radius 1 is 1.75 bits per heavy atom. The first-order valence-corrected chi connectivity index (χ1v) is 3.71. The molecule has 2 rings (SSSR count). The maximum atomic E-state index is 10.6. The molecule has 0 bridgehead atoms. The van der Waals surface area contributed by atoms with Crippen molar-refractivity contribution in [1.29, 1.82) is 0 Å². The van der Waals surface area contributed by atoms with Gasteiger partial charge in [-0.3, -0.25) is 5.32 Å². The van der Waals surface area contributed by atoms with Crippen molar-refractivity contribution >= 4 is 11.8 Å². The van der Waals surface area contributed by atoms with Crippen LogP contribution < -0.4 is 5.32 Å². The molecular weight excluding hydrogens is 124 g/mol. The zero-order valence-corrected chi connectivity index (χ0v) is 5.15. The van der Waals surface area contributed by atoms with Crippen LogP contribution in [0, 0.1) is 4.91 Å². The third kappa shape index (κ3) is 0.444. The van der Waals surface area contributed by atoms with Crippen LogP contribution in [0.3, 0.4) is 0 Å². The molecule has 0 aromatic carbocycles. The van der Waals surface area contributed by atoms with Crippen molar-refractivity contribution in [3.05, 3.63) is 4.91 Å². The van der Waals surface area contributed by atoms with Crippen LogP contribution in [-0.4, -0.2) is 28.6 Å². The van der Waals surface area contributed by atoms with Crippen molar-refractivity contribution in [2.45, 2.75) is 11.4 Å². The standard InChI is InChI=1S/C4H7N2OS/c7-6-1-3-4(6)8-2-5-3/h3-5H,1-2H2/q+1. The molecule has 0 saturated carbocycles. The third-order valence-electron chi connectivity index (χ3n) is 1.60. The quantitative estimate of drug-likeness (QED) is 0.461. The smallest absolute Gasteiger partial charge is 0.269 e. The molecule has 0 aromatic heterocycles. The second-order valence-electron chi connectivity index (χ2n) is 2.11. The molecule has 2 fully saturated rings. The van der Waals surface area contributed by atoms with Gasteiger partial charge in [0.05, 0.1) is 0 Å². The molecule has 2 atom stereocenters. The first-order chi connectivity index (χ1) is 3.88. The van der Waals surface area contributed by atoms with Gasteiger partial charge in [-0.05, 0) is 0 Å². The highest BCUT2D eigenvalue weighted by molar-refractivity contribution is 8.00. The molecule has 0 aliphatic carbocycles. The number of thioether (sulfide) groups is 1. The second-order valence-corrected chi connectivity index (χ2v) is 3.22. The predicted molar refractivity (Wildman–Crippen MR) is 31.7 cm³/mol. The SMILES string of the molecule is O=[N+]1CC2NCSC21. The Morgan fingerprint density at radius 3 is 3.12 bits per heavy atom. The van der Waals surface area contributed by atoms with E-state index in [9.17, 15) is 4.91 Å². The van der Waals surface area contributed by atoms with Gasteiger partial charge in [0.25, 0.3) is 5.37 Å². The molecule has 0 amide bonds. The fourth-order valence-electron chi connectivity index (χ4n) is 1.06. The Hall–Kier alpha value is -0.0900. The Morgan fingerprint density at radius 2 is 2.62 bits per heavy atom. The van der Waals surface area contributed by atoms with Gasteiger partial charge < -0.3 is 0 Å². The molecule has 2 aliphatic rings. The molecule has 44 valence electrons. The van der Waals surface area contributed by atoms with Crippen LogP contribution in [-0.2, 0) is 0 Å². The van der Waals surface area contributed by atoms with E-state index in [4.69, 9.17) is 0 Å². The van der Waals surface area contributed by atoms with Gasteiger partial charge in [0.2, 0.25) is 6.54 Å². The minimum atomic E-state index is 0.245. The highest BCUT2D eigenvalue weighted by Gasteiger charge is 2.52. The average Bonchev–Trinajstić information content (AvgIpc) is 2.09. The lowest BCUT2D eigenvalue weighted by atomic mass is 10.2. The van der Waals surface area contributed by atoms with Crippen molar-refractivity contribution in [2.75, 3.05) is 12.4 Å². The number of nitrogens with one attached hydrogen (secondary N) is 1. The van der Waals surface area contributed by atoms with E-state index in [0.717, 1.165) is 10.6 Å². The number of fused-ring (bicyclic) bond motifs is 1. The van der Waals surface area contributed by atoms with Crippen LogP contribution in [0.1, 0.15) is 0 Å². The lowest BCUT2D eigenvalue weighted by Crippen LogP contribution is -2.53. The summed E-state index contributed by atoms with van der Waals surface area (Å²) >= 11 is 1.70. The van der Waals surface area contributed by atoms with Gasteiger partial charge in [0.15, 0.2) is 0 Å². The van der Waals surface area contributed by atoms with E-state index in [0.29, 0.717) is 12.6 Å². The Labute approximate surface area is 51.4 Å². The highest BCUT2D eigenvalue weighted by Crippen LogP contribution is 2.28.